The zero-order valence-electron chi connectivity index (χ0n) is 12.7. The van der Waals surface area contributed by atoms with Crippen molar-refractivity contribution in [2.75, 3.05) is 27.2 Å². The molecule has 1 saturated heterocycles. The predicted octanol–water partition coefficient (Wildman–Crippen LogP) is 2.30. The molecule has 1 N–H and O–H groups in total. The van der Waals surface area contributed by atoms with Crippen LogP contribution in [-0.2, 0) is 0 Å². The van der Waals surface area contributed by atoms with Crippen LogP contribution in [0.2, 0.25) is 0 Å². The number of amides is 2. The zero-order valence-corrected chi connectivity index (χ0v) is 12.7. The van der Waals surface area contributed by atoms with Crippen molar-refractivity contribution >= 4 is 6.03 Å². The van der Waals surface area contributed by atoms with E-state index in [1.807, 2.05) is 14.1 Å². The molecular weight excluding hydrogens is 238 g/mol. The van der Waals surface area contributed by atoms with Crippen LogP contribution in [0.5, 0.6) is 0 Å². The van der Waals surface area contributed by atoms with Gasteiger partial charge in [-0.1, -0.05) is 26.2 Å². The zero-order chi connectivity index (χ0) is 13.8. The quantitative estimate of drug-likeness (QED) is 0.833. The van der Waals surface area contributed by atoms with E-state index in [0.717, 1.165) is 19.5 Å². The Morgan fingerprint density at radius 1 is 1.11 bits per heavy atom. The summed E-state index contributed by atoms with van der Waals surface area (Å²) < 4.78 is 0. The second kappa shape index (κ2) is 6.60. The topological polar surface area (TPSA) is 35.6 Å². The third-order valence-electron chi connectivity index (χ3n) is 4.67. The Kier molecular flexibility index (Phi) is 5.08. The molecule has 0 aromatic rings. The first-order chi connectivity index (χ1) is 9.11. The molecule has 110 valence electrons. The molecule has 0 bridgehead atoms. The lowest BCUT2D eigenvalue weighted by Crippen LogP contribution is -2.57. The third-order valence-corrected chi connectivity index (χ3v) is 4.67. The lowest BCUT2D eigenvalue weighted by atomic mass is 9.88. The van der Waals surface area contributed by atoms with E-state index >= 15 is 0 Å². The van der Waals surface area contributed by atoms with Gasteiger partial charge in [0, 0.05) is 26.2 Å². The Morgan fingerprint density at radius 2 is 1.79 bits per heavy atom. The van der Waals surface area contributed by atoms with Crippen molar-refractivity contribution in [3.05, 3.63) is 0 Å². The van der Waals surface area contributed by atoms with Gasteiger partial charge in [0.1, 0.15) is 0 Å². The smallest absolute Gasteiger partial charge is 0.319 e. The second-order valence-corrected chi connectivity index (χ2v) is 6.41. The molecule has 1 aliphatic carbocycles. The number of carbonyl (C=O) groups excluding carboxylic acids is 1. The first kappa shape index (κ1) is 14.6. The number of carbonyl (C=O) groups is 1. The lowest BCUT2D eigenvalue weighted by Gasteiger charge is -2.45. The summed E-state index contributed by atoms with van der Waals surface area (Å²) >= 11 is 0. The summed E-state index contributed by atoms with van der Waals surface area (Å²) in [6.07, 6.45) is 7.37. The Labute approximate surface area is 117 Å². The molecule has 1 aliphatic heterocycles. The molecule has 19 heavy (non-hydrogen) atoms. The molecular formula is C15H29N3O. The summed E-state index contributed by atoms with van der Waals surface area (Å²) in [7, 11) is 3.76. The molecule has 0 aromatic heterocycles. The van der Waals surface area contributed by atoms with Crippen LogP contribution < -0.4 is 5.32 Å². The van der Waals surface area contributed by atoms with Crippen LogP contribution in [0.15, 0.2) is 0 Å². The molecule has 2 fully saturated rings. The van der Waals surface area contributed by atoms with Crippen LogP contribution in [0, 0.1) is 5.92 Å². The van der Waals surface area contributed by atoms with Crippen molar-refractivity contribution in [3.63, 3.8) is 0 Å². The third kappa shape index (κ3) is 3.41. The van der Waals surface area contributed by atoms with Crippen LogP contribution >= 0.6 is 0 Å². The Balaban J connectivity index is 2.14. The van der Waals surface area contributed by atoms with E-state index in [4.69, 9.17) is 0 Å². The number of piperidine rings is 1. The maximum atomic E-state index is 12.6. The molecule has 2 rings (SSSR count). The highest BCUT2D eigenvalue weighted by Crippen LogP contribution is 2.29. The van der Waals surface area contributed by atoms with Gasteiger partial charge in [-0.2, -0.15) is 0 Å². The molecule has 2 amide bonds. The van der Waals surface area contributed by atoms with Crippen molar-refractivity contribution in [2.45, 2.75) is 57.5 Å². The van der Waals surface area contributed by atoms with Crippen molar-refractivity contribution in [2.24, 2.45) is 5.92 Å². The molecule has 1 heterocycles. The molecule has 4 nitrogen and oxygen atoms in total. The van der Waals surface area contributed by atoms with E-state index in [1.54, 1.807) is 4.90 Å². The Morgan fingerprint density at radius 3 is 2.37 bits per heavy atom. The fourth-order valence-electron chi connectivity index (χ4n) is 3.57. The van der Waals surface area contributed by atoms with Crippen LogP contribution in [0.25, 0.3) is 0 Å². The first-order valence-corrected chi connectivity index (χ1v) is 7.81. The number of urea groups is 1. The molecule has 0 spiro atoms. The molecule has 2 atom stereocenters. The summed E-state index contributed by atoms with van der Waals surface area (Å²) in [6.45, 7) is 4.35. The first-order valence-electron chi connectivity index (χ1n) is 7.81. The highest BCUT2D eigenvalue weighted by molar-refractivity contribution is 5.74. The minimum atomic E-state index is 0.214. The molecule has 1 saturated carbocycles. The number of hydrogen-bond donors (Lipinski definition) is 1. The van der Waals surface area contributed by atoms with Gasteiger partial charge in [-0.05, 0) is 38.3 Å². The van der Waals surface area contributed by atoms with E-state index in [-0.39, 0.29) is 6.03 Å². The fourth-order valence-corrected chi connectivity index (χ4v) is 3.57. The average molecular weight is 267 g/mol. The van der Waals surface area contributed by atoms with Crippen molar-refractivity contribution in [1.82, 2.24) is 15.1 Å². The van der Waals surface area contributed by atoms with E-state index < -0.39 is 0 Å². The van der Waals surface area contributed by atoms with Crippen LogP contribution in [0.4, 0.5) is 4.79 Å². The van der Waals surface area contributed by atoms with Gasteiger partial charge in [-0.3, -0.25) is 0 Å². The second-order valence-electron chi connectivity index (χ2n) is 6.41. The predicted molar refractivity (Wildman–Crippen MR) is 78.2 cm³/mol. The van der Waals surface area contributed by atoms with Crippen molar-refractivity contribution < 1.29 is 4.79 Å². The van der Waals surface area contributed by atoms with E-state index in [0.29, 0.717) is 18.0 Å². The number of nitrogens with one attached hydrogen (secondary N) is 1. The molecule has 2 aliphatic rings. The van der Waals surface area contributed by atoms with Crippen molar-refractivity contribution in [1.29, 1.82) is 0 Å². The molecule has 2 unspecified atom stereocenters. The Bertz CT molecular complexity index is 300. The van der Waals surface area contributed by atoms with E-state index in [2.05, 4.69) is 17.1 Å². The number of hydrogen-bond acceptors (Lipinski definition) is 2. The highest BCUT2D eigenvalue weighted by Gasteiger charge is 2.36. The fraction of sp³-hybridized carbons (Fsp3) is 0.933. The van der Waals surface area contributed by atoms with Gasteiger partial charge in [0.05, 0.1) is 0 Å². The van der Waals surface area contributed by atoms with Crippen LogP contribution in [0.3, 0.4) is 0 Å². The summed E-state index contributed by atoms with van der Waals surface area (Å²) in [5.74, 6) is 0.555. The summed E-state index contributed by atoms with van der Waals surface area (Å²) in [5.41, 5.74) is 0. The minimum Gasteiger partial charge on any atom is -0.331 e. The molecule has 4 heteroatoms. The normalized spacial score (nSPS) is 29.0. The summed E-state index contributed by atoms with van der Waals surface area (Å²) in [5, 5.41) is 3.44. The standard InChI is InChI=1S/C15H29N3O/c1-12-11-16-10-9-14(12)18(15(19)17(2)3)13-7-5-4-6-8-13/h12-14,16H,4-11H2,1-3H3. The SMILES string of the molecule is CC1CNCCC1N(C(=O)N(C)C)C1CCCCC1. The van der Waals surface area contributed by atoms with Gasteiger partial charge >= 0.3 is 6.03 Å². The minimum absolute atomic E-state index is 0.214. The number of nitrogens with zero attached hydrogens (tertiary/aromatic N) is 2. The van der Waals surface area contributed by atoms with Gasteiger partial charge in [-0.15, -0.1) is 0 Å². The van der Waals surface area contributed by atoms with Gasteiger partial charge in [0.15, 0.2) is 0 Å². The van der Waals surface area contributed by atoms with E-state index in [1.165, 1.54) is 32.1 Å². The van der Waals surface area contributed by atoms with Gasteiger partial charge in [0.25, 0.3) is 0 Å². The van der Waals surface area contributed by atoms with Crippen LogP contribution in [-0.4, -0.2) is 55.1 Å². The van der Waals surface area contributed by atoms with Crippen molar-refractivity contribution in [3.8, 4) is 0 Å². The largest absolute Gasteiger partial charge is 0.331 e. The average Bonchev–Trinajstić information content (AvgIpc) is 2.42. The number of rotatable bonds is 2. The molecule has 0 radical (unpaired) electrons. The summed E-state index contributed by atoms with van der Waals surface area (Å²) in [4.78, 5) is 16.6. The van der Waals surface area contributed by atoms with Crippen LogP contribution in [0.1, 0.15) is 45.4 Å². The Hall–Kier alpha value is -0.770. The highest BCUT2D eigenvalue weighted by atomic mass is 16.2. The monoisotopic (exact) mass is 267 g/mol. The molecule has 0 aromatic carbocycles. The summed E-state index contributed by atoms with van der Waals surface area (Å²) in [6, 6.07) is 1.10. The maximum Gasteiger partial charge on any atom is 0.319 e. The van der Waals surface area contributed by atoms with E-state index in [9.17, 15) is 4.79 Å². The van der Waals surface area contributed by atoms with Gasteiger partial charge < -0.3 is 15.1 Å². The maximum absolute atomic E-state index is 12.6. The van der Waals surface area contributed by atoms with Gasteiger partial charge in [0.2, 0.25) is 0 Å². The van der Waals surface area contributed by atoms with Gasteiger partial charge in [-0.25, -0.2) is 4.79 Å². The lowest BCUT2D eigenvalue weighted by molar-refractivity contribution is 0.0698.